The zero-order valence-electron chi connectivity index (χ0n) is 15.1. The van der Waals surface area contributed by atoms with Crippen molar-refractivity contribution in [1.82, 2.24) is 4.72 Å². The van der Waals surface area contributed by atoms with Gasteiger partial charge >= 0.3 is 6.36 Å². The van der Waals surface area contributed by atoms with E-state index in [-0.39, 0.29) is 10.8 Å². The number of carbonyl (C=O) groups is 1. The van der Waals surface area contributed by atoms with Crippen molar-refractivity contribution in [1.29, 1.82) is 0 Å². The summed E-state index contributed by atoms with van der Waals surface area (Å²) in [6.45, 7) is 3.38. The van der Waals surface area contributed by atoms with Crippen molar-refractivity contribution in [3.8, 4) is 5.75 Å². The van der Waals surface area contributed by atoms with Crippen molar-refractivity contribution in [2.75, 3.05) is 11.9 Å². The monoisotopic (exact) mass is 416 g/mol. The molecule has 2 N–H and O–H groups in total. The molecule has 0 aromatic heterocycles. The van der Waals surface area contributed by atoms with Crippen LogP contribution in [-0.4, -0.2) is 27.2 Å². The third kappa shape index (κ3) is 6.24. The molecule has 0 atom stereocenters. The number of anilines is 1. The van der Waals surface area contributed by atoms with Gasteiger partial charge in [0.25, 0.3) is 0 Å². The summed E-state index contributed by atoms with van der Waals surface area (Å²) in [6.07, 6.45) is -4.87. The molecule has 0 aliphatic heterocycles. The highest BCUT2D eigenvalue weighted by atomic mass is 32.2. The first kappa shape index (κ1) is 21.7. The van der Waals surface area contributed by atoms with E-state index in [9.17, 15) is 26.4 Å². The van der Waals surface area contributed by atoms with E-state index in [1.165, 1.54) is 0 Å². The molecule has 0 heterocycles. The number of benzene rings is 2. The van der Waals surface area contributed by atoms with Gasteiger partial charge in [0.2, 0.25) is 15.9 Å². The Hall–Kier alpha value is -2.59. The lowest BCUT2D eigenvalue weighted by molar-refractivity contribution is -0.274. The van der Waals surface area contributed by atoms with E-state index in [0.717, 1.165) is 29.8 Å². The number of amides is 1. The second kappa shape index (κ2) is 8.61. The van der Waals surface area contributed by atoms with Crippen LogP contribution in [0, 0.1) is 0 Å². The summed E-state index contributed by atoms with van der Waals surface area (Å²) < 4.78 is 66.6. The molecule has 2 aromatic carbocycles. The maximum Gasteiger partial charge on any atom is 0.573 e. The number of para-hydroxylation sites is 1. The number of rotatable bonds is 7. The minimum atomic E-state index is -4.87. The predicted molar refractivity (Wildman–Crippen MR) is 97.5 cm³/mol. The number of alkyl halides is 3. The molecule has 1 amide bonds. The normalized spacial score (nSPS) is 12.1. The van der Waals surface area contributed by atoms with E-state index in [1.807, 2.05) is 26.0 Å². The van der Waals surface area contributed by atoms with Gasteiger partial charge in [-0.25, -0.2) is 13.1 Å². The lowest BCUT2D eigenvalue weighted by Gasteiger charge is -2.14. The van der Waals surface area contributed by atoms with Gasteiger partial charge in [-0.05, 0) is 41.8 Å². The van der Waals surface area contributed by atoms with Crippen molar-refractivity contribution < 1.29 is 31.1 Å². The zero-order chi connectivity index (χ0) is 20.9. The Balaban J connectivity index is 2.00. The summed E-state index contributed by atoms with van der Waals surface area (Å²) in [5.74, 6) is -0.964. The lowest BCUT2D eigenvalue weighted by atomic mass is 10.0. The first-order valence-electron chi connectivity index (χ1n) is 8.22. The van der Waals surface area contributed by atoms with Crippen molar-refractivity contribution >= 4 is 21.6 Å². The van der Waals surface area contributed by atoms with E-state index in [1.54, 1.807) is 12.1 Å². The highest BCUT2D eigenvalue weighted by Gasteiger charge is 2.31. The molecule has 0 radical (unpaired) electrons. The Morgan fingerprint density at radius 3 is 2.25 bits per heavy atom. The molecule has 2 aromatic rings. The number of sulfonamides is 1. The molecule has 0 saturated heterocycles. The van der Waals surface area contributed by atoms with Gasteiger partial charge < -0.3 is 10.1 Å². The molecule has 6 nitrogen and oxygen atoms in total. The lowest BCUT2D eigenvalue weighted by Crippen LogP contribution is -2.33. The van der Waals surface area contributed by atoms with E-state index in [2.05, 4.69) is 14.8 Å². The van der Waals surface area contributed by atoms with Crippen LogP contribution in [0.2, 0.25) is 0 Å². The Morgan fingerprint density at radius 2 is 1.68 bits per heavy atom. The van der Waals surface area contributed by atoms with Crippen LogP contribution in [0.4, 0.5) is 18.9 Å². The van der Waals surface area contributed by atoms with Crippen molar-refractivity contribution in [3.63, 3.8) is 0 Å². The van der Waals surface area contributed by atoms with Gasteiger partial charge in [0.15, 0.2) is 0 Å². The molecule has 0 saturated carbocycles. The highest BCUT2D eigenvalue weighted by Crippen LogP contribution is 2.24. The Bertz CT molecular complexity index is 927. The largest absolute Gasteiger partial charge is 0.573 e. The van der Waals surface area contributed by atoms with Crippen LogP contribution in [0.15, 0.2) is 53.4 Å². The van der Waals surface area contributed by atoms with Crippen LogP contribution in [-0.2, 0) is 14.8 Å². The number of ether oxygens (including phenoxy) is 1. The summed E-state index contributed by atoms with van der Waals surface area (Å²) in [5.41, 5.74) is 1.48. The molecule has 2 rings (SSSR count). The first-order chi connectivity index (χ1) is 13.0. The van der Waals surface area contributed by atoms with Gasteiger partial charge in [-0.15, -0.1) is 13.2 Å². The standard InChI is InChI=1S/C18H19F3N2O4S/c1-12(2)15-5-3-4-6-16(15)23-17(24)11-22-28(25,26)14-9-7-13(8-10-14)27-18(19,20)21/h3-10,12,22H,11H2,1-2H3,(H,23,24). The maximum absolute atomic E-state index is 12.2. The molecule has 0 spiro atoms. The third-order valence-corrected chi connectivity index (χ3v) is 5.06. The van der Waals surface area contributed by atoms with Gasteiger partial charge in [0.1, 0.15) is 5.75 Å². The number of hydrogen-bond acceptors (Lipinski definition) is 4. The van der Waals surface area contributed by atoms with E-state index >= 15 is 0 Å². The second-order valence-corrected chi connectivity index (χ2v) is 7.90. The van der Waals surface area contributed by atoms with Crippen LogP contribution < -0.4 is 14.8 Å². The molecule has 10 heteroatoms. The number of hydrogen-bond donors (Lipinski definition) is 2. The van der Waals surface area contributed by atoms with Crippen LogP contribution in [0.3, 0.4) is 0 Å². The van der Waals surface area contributed by atoms with Gasteiger partial charge in [-0.2, -0.15) is 0 Å². The Labute approximate surface area is 160 Å². The van der Waals surface area contributed by atoms with Gasteiger partial charge in [0, 0.05) is 5.69 Å². The smallest absolute Gasteiger partial charge is 0.406 e. The van der Waals surface area contributed by atoms with Crippen LogP contribution in [0.1, 0.15) is 25.3 Å². The maximum atomic E-state index is 12.2. The summed E-state index contributed by atoms with van der Waals surface area (Å²) >= 11 is 0. The number of nitrogens with one attached hydrogen (secondary N) is 2. The van der Waals surface area contributed by atoms with Crippen molar-refractivity contribution in [2.45, 2.75) is 31.0 Å². The van der Waals surface area contributed by atoms with E-state index in [4.69, 9.17) is 0 Å². The average molecular weight is 416 g/mol. The second-order valence-electron chi connectivity index (χ2n) is 6.13. The van der Waals surface area contributed by atoms with Gasteiger partial charge in [-0.3, -0.25) is 4.79 Å². The minimum absolute atomic E-state index is 0.158. The van der Waals surface area contributed by atoms with Crippen LogP contribution >= 0.6 is 0 Å². The molecule has 152 valence electrons. The molecular formula is C18H19F3N2O4S. The Morgan fingerprint density at radius 1 is 1.07 bits per heavy atom. The van der Waals surface area contributed by atoms with Gasteiger partial charge in [0.05, 0.1) is 11.4 Å². The Kier molecular flexibility index (Phi) is 6.68. The average Bonchev–Trinajstić information content (AvgIpc) is 2.59. The summed E-state index contributed by atoms with van der Waals surface area (Å²) in [6, 6.07) is 10.8. The molecular weight excluding hydrogens is 397 g/mol. The molecule has 0 aliphatic rings. The predicted octanol–water partition coefficient (Wildman–Crippen LogP) is 3.63. The van der Waals surface area contributed by atoms with Crippen molar-refractivity contribution in [2.24, 2.45) is 0 Å². The number of halogens is 3. The fourth-order valence-corrected chi connectivity index (χ4v) is 3.36. The molecule has 28 heavy (non-hydrogen) atoms. The third-order valence-electron chi connectivity index (χ3n) is 3.65. The topological polar surface area (TPSA) is 84.5 Å². The van der Waals surface area contributed by atoms with E-state index in [0.29, 0.717) is 5.69 Å². The zero-order valence-corrected chi connectivity index (χ0v) is 15.9. The van der Waals surface area contributed by atoms with Crippen LogP contribution in [0.25, 0.3) is 0 Å². The quantitative estimate of drug-likeness (QED) is 0.722. The molecule has 0 aliphatic carbocycles. The first-order valence-corrected chi connectivity index (χ1v) is 9.70. The molecule has 0 bridgehead atoms. The minimum Gasteiger partial charge on any atom is -0.406 e. The fraction of sp³-hybridized carbons (Fsp3) is 0.278. The van der Waals surface area contributed by atoms with Crippen molar-refractivity contribution in [3.05, 3.63) is 54.1 Å². The van der Waals surface area contributed by atoms with E-state index < -0.39 is 34.6 Å². The highest BCUT2D eigenvalue weighted by molar-refractivity contribution is 7.89. The molecule has 0 unspecified atom stereocenters. The summed E-state index contributed by atoms with van der Waals surface area (Å²) in [4.78, 5) is 11.8. The SMILES string of the molecule is CC(C)c1ccccc1NC(=O)CNS(=O)(=O)c1ccc(OC(F)(F)F)cc1. The fourth-order valence-electron chi connectivity index (χ4n) is 2.37. The number of carbonyl (C=O) groups excluding carboxylic acids is 1. The van der Waals surface area contributed by atoms with Gasteiger partial charge in [-0.1, -0.05) is 32.0 Å². The van der Waals surface area contributed by atoms with Crippen LogP contribution in [0.5, 0.6) is 5.75 Å². The molecule has 0 fully saturated rings. The summed E-state index contributed by atoms with van der Waals surface area (Å²) in [7, 11) is -4.08. The summed E-state index contributed by atoms with van der Waals surface area (Å²) in [5, 5.41) is 2.64.